The number of hydrogen-bond acceptors (Lipinski definition) is 3. The molecule has 0 saturated heterocycles. The molecule has 0 aromatic heterocycles. The van der Waals surface area contributed by atoms with E-state index in [0.717, 1.165) is 5.57 Å². The van der Waals surface area contributed by atoms with Gasteiger partial charge in [0.2, 0.25) is 0 Å². The summed E-state index contributed by atoms with van der Waals surface area (Å²) in [6.45, 7) is 4.14. The second-order valence-electron chi connectivity index (χ2n) is 2.78. The molecule has 0 saturated carbocycles. The third-order valence-electron chi connectivity index (χ3n) is 1.80. The van der Waals surface area contributed by atoms with Crippen molar-refractivity contribution in [2.45, 2.75) is 20.0 Å². The van der Waals surface area contributed by atoms with Gasteiger partial charge < -0.3 is 5.11 Å². The lowest BCUT2D eigenvalue weighted by molar-refractivity contribution is -0.121. The molecule has 1 aliphatic heterocycles. The molecule has 68 valence electrons. The van der Waals surface area contributed by atoms with Crippen LogP contribution in [0.15, 0.2) is 11.1 Å². The van der Waals surface area contributed by atoms with Crippen LogP contribution in [-0.2, 0) is 4.79 Å². The monoisotopic (exact) mass is 299 g/mol. The Morgan fingerprint density at radius 3 is 2.58 bits per heavy atom. The van der Waals surface area contributed by atoms with Gasteiger partial charge in [-0.15, -0.1) is 0 Å². The van der Waals surface area contributed by atoms with E-state index in [1.807, 2.05) is 6.92 Å². The molecule has 0 radical (unpaired) electrons. The van der Waals surface area contributed by atoms with Crippen molar-refractivity contribution >= 4 is 36.2 Å². The Hall–Kier alpha value is 0.250. The maximum Gasteiger partial charge on any atom is 0.263 e. The second-order valence-corrected chi connectivity index (χ2v) is 4.54. The SMILES string of the molecule is CC1=C(C(C)O)C(=O)N(SI)C1. The zero-order chi connectivity index (χ0) is 9.30. The van der Waals surface area contributed by atoms with E-state index in [1.165, 1.54) is 9.12 Å². The molecule has 1 N–H and O–H groups in total. The smallest absolute Gasteiger partial charge is 0.263 e. The van der Waals surface area contributed by atoms with Crippen molar-refractivity contribution in [1.29, 1.82) is 0 Å². The lowest BCUT2D eigenvalue weighted by Crippen LogP contribution is -2.21. The Balaban J connectivity index is 2.86. The maximum atomic E-state index is 11.5. The topological polar surface area (TPSA) is 40.5 Å². The van der Waals surface area contributed by atoms with Crippen LogP contribution in [0.5, 0.6) is 0 Å². The molecule has 0 aliphatic carbocycles. The van der Waals surface area contributed by atoms with Gasteiger partial charge >= 0.3 is 0 Å². The number of hydrogen-bond donors (Lipinski definition) is 1. The largest absolute Gasteiger partial charge is 0.388 e. The molecule has 1 aliphatic rings. The Labute approximate surface area is 87.9 Å². The van der Waals surface area contributed by atoms with Crippen LogP contribution in [0.25, 0.3) is 0 Å². The molecule has 1 rings (SSSR count). The fourth-order valence-corrected chi connectivity index (χ4v) is 2.64. The Bertz CT molecular complexity index is 240. The molecule has 1 amide bonds. The number of carbonyl (C=O) groups is 1. The van der Waals surface area contributed by atoms with E-state index >= 15 is 0 Å². The summed E-state index contributed by atoms with van der Waals surface area (Å²) in [6.07, 6.45) is -0.647. The van der Waals surface area contributed by atoms with Gasteiger partial charge in [0, 0.05) is 35.9 Å². The van der Waals surface area contributed by atoms with Crippen molar-refractivity contribution in [3.8, 4) is 0 Å². The molecule has 1 unspecified atom stereocenters. The fraction of sp³-hybridized carbons (Fsp3) is 0.571. The molecule has 3 nitrogen and oxygen atoms in total. The number of halogens is 1. The summed E-state index contributed by atoms with van der Waals surface area (Å²) in [7, 11) is 1.37. The minimum Gasteiger partial charge on any atom is -0.388 e. The van der Waals surface area contributed by atoms with E-state index in [0.29, 0.717) is 12.1 Å². The molecule has 5 heteroatoms. The molecule has 0 fully saturated rings. The van der Waals surface area contributed by atoms with Crippen LogP contribution < -0.4 is 0 Å². The molecule has 1 atom stereocenters. The number of aliphatic hydroxyl groups excluding tert-OH is 1. The molecule has 0 aromatic carbocycles. The number of amides is 1. The quantitative estimate of drug-likeness (QED) is 0.621. The molecule has 0 spiro atoms. The van der Waals surface area contributed by atoms with E-state index in [2.05, 4.69) is 21.2 Å². The van der Waals surface area contributed by atoms with Gasteiger partial charge in [-0.3, -0.25) is 9.10 Å². The Morgan fingerprint density at radius 1 is 1.75 bits per heavy atom. The minimum absolute atomic E-state index is 0.0538. The summed E-state index contributed by atoms with van der Waals surface area (Å²) >= 11 is 2.06. The zero-order valence-corrected chi connectivity index (χ0v) is 9.85. The fourth-order valence-electron chi connectivity index (χ4n) is 1.28. The summed E-state index contributed by atoms with van der Waals surface area (Å²) < 4.78 is 1.64. The summed E-state index contributed by atoms with van der Waals surface area (Å²) in [5.74, 6) is -0.0538. The lowest BCUT2D eigenvalue weighted by atomic mass is 10.1. The third-order valence-corrected chi connectivity index (χ3v) is 3.69. The van der Waals surface area contributed by atoms with E-state index in [1.54, 1.807) is 11.2 Å². The average Bonchev–Trinajstić information content (AvgIpc) is 2.25. The maximum absolute atomic E-state index is 11.5. The Kier molecular flexibility index (Phi) is 3.42. The number of aliphatic hydroxyl groups is 1. The molecule has 12 heavy (non-hydrogen) atoms. The van der Waals surface area contributed by atoms with Gasteiger partial charge in [-0.05, 0) is 19.4 Å². The van der Waals surface area contributed by atoms with Crippen molar-refractivity contribution in [2.24, 2.45) is 0 Å². The minimum atomic E-state index is -0.647. The van der Waals surface area contributed by atoms with Crippen LogP contribution in [-0.4, -0.2) is 28.0 Å². The highest BCUT2D eigenvalue weighted by Gasteiger charge is 2.30. The number of nitrogens with zero attached hydrogens (tertiary/aromatic N) is 1. The first-order valence-electron chi connectivity index (χ1n) is 3.56. The van der Waals surface area contributed by atoms with Crippen molar-refractivity contribution in [1.82, 2.24) is 4.31 Å². The van der Waals surface area contributed by atoms with Gasteiger partial charge in [-0.25, -0.2) is 0 Å². The van der Waals surface area contributed by atoms with Gasteiger partial charge in [0.05, 0.1) is 12.6 Å². The van der Waals surface area contributed by atoms with Gasteiger partial charge in [-0.2, -0.15) is 0 Å². The van der Waals surface area contributed by atoms with Gasteiger partial charge in [0.15, 0.2) is 0 Å². The normalized spacial score (nSPS) is 20.7. The second kappa shape index (κ2) is 3.97. The highest BCUT2D eigenvalue weighted by Crippen LogP contribution is 2.30. The van der Waals surface area contributed by atoms with Crippen LogP contribution in [0, 0.1) is 0 Å². The third kappa shape index (κ3) is 1.77. The van der Waals surface area contributed by atoms with Crippen LogP contribution in [0.2, 0.25) is 0 Å². The first-order valence-corrected chi connectivity index (χ1v) is 6.87. The van der Waals surface area contributed by atoms with Crippen molar-refractivity contribution in [3.05, 3.63) is 11.1 Å². The predicted molar refractivity (Wildman–Crippen MR) is 57.7 cm³/mol. The number of rotatable bonds is 2. The summed E-state index contributed by atoms with van der Waals surface area (Å²) in [4.78, 5) is 11.5. The van der Waals surface area contributed by atoms with Crippen LogP contribution in [0.1, 0.15) is 13.8 Å². The standard InChI is InChI=1S/C7H10INO2S/c1-4-3-9(12-8)7(11)6(4)5(2)10/h5,10H,3H2,1-2H3. The zero-order valence-electron chi connectivity index (χ0n) is 6.87. The summed E-state index contributed by atoms with van der Waals surface area (Å²) in [5.41, 5.74) is 1.53. The first kappa shape index (κ1) is 10.3. The first-order chi connectivity index (χ1) is 5.57. The van der Waals surface area contributed by atoms with Crippen LogP contribution >= 0.6 is 30.3 Å². The highest BCUT2D eigenvalue weighted by atomic mass is 127. The van der Waals surface area contributed by atoms with Crippen LogP contribution in [0.3, 0.4) is 0 Å². The van der Waals surface area contributed by atoms with E-state index in [9.17, 15) is 9.90 Å². The molecule has 1 heterocycles. The van der Waals surface area contributed by atoms with E-state index in [-0.39, 0.29) is 5.91 Å². The number of carbonyl (C=O) groups excluding carboxylic acids is 1. The van der Waals surface area contributed by atoms with Crippen LogP contribution in [0.4, 0.5) is 0 Å². The van der Waals surface area contributed by atoms with Crippen molar-refractivity contribution < 1.29 is 9.90 Å². The predicted octanol–water partition coefficient (Wildman–Crippen LogP) is 1.52. The molecule has 0 bridgehead atoms. The summed E-state index contributed by atoms with van der Waals surface area (Å²) in [6, 6.07) is 0. The van der Waals surface area contributed by atoms with E-state index in [4.69, 9.17) is 0 Å². The van der Waals surface area contributed by atoms with Gasteiger partial charge in [0.25, 0.3) is 5.91 Å². The lowest BCUT2D eigenvalue weighted by Gasteiger charge is -2.10. The van der Waals surface area contributed by atoms with Crippen molar-refractivity contribution in [3.63, 3.8) is 0 Å². The van der Waals surface area contributed by atoms with E-state index < -0.39 is 6.10 Å². The van der Waals surface area contributed by atoms with Crippen molar-refractivity contribution in [2.75, 3.05) is 6.54 Å². The molecular formula is C7H10INO2S. The van der Waals surface area contributed by atoms with Gasteiger partial charge in [-0.1, -0.05) is 0 Å². The highest BCUT2D eigenvalue weighted by molar-refractivity contribution is 14.2. The van der Waals surface area contributed by atoms with Gasteiger partial charge in [0.1, 0.15) is 0 Å². The summed E-state index contributed by atoms with van der Waals surface area (Å²) in [5, 5.41) is 9.29. The molecule has 0 aromatic rings. The molecular weight excluding hydrogens is 289 g/mol. The average molecular weight is 299 g/mol. The Morgan fingerprint density at radius 2 is 2.33 bits per heavy atom.